The second kappa shape index (κ2) is 9.32. The SMILES string of the molecule is O=C(CSc1nc2ccccc2c(=O)n1Cc1ccc(Cl)cc1)Nc1ccc(F)cc1. The number of nitrogens with one attached hydrogen (secondary N) is 1. The van der Waals surface area contributed by atoms with Crippen LogP contribution in [0.15, 0.2) is 82.7 Å². The molecule has 0 saturated heterocycles. The highest BCUT2D eigenvalue weighted by molar-refractivity contribution is 7.99. The molecular formula is C23H17ClFN3O2S. The van der Waals surface area contributed by atoms with Crippen molar-refractivity contribution in [3.63, 3.8) is 0 Å². The van der Waals surface area contributed by atoms with Crippen molar-refractivity contribution in [2.45, 2.75) is 11.7 Å². The van der Waals surface area contributed by atoms with Crippen molar-refractivity contribution in [3.05, 3.63) is 99.6 Å². The van der Waals surface area contributed by atoms with Crippen LogP contribution in [0.2, 0.25) is 5.02 Å². The van der Waals surface area contributed by atoms with E-state index < -0.39 is 0 Å². The molecule has 1 heterocycles. The van der Waals surface area contributed by atoms with Gasteiger partial charge in [0.1, 0.15) is 5.82 Å². The van der Waals surface area contributed by atoms with Crippen LogP contribution in [0, 0.1) is 5.82 Å². The Labute approximate surface area is 186 Å². The summed E-state index contributed by atoms with van der Waals surface area (Å²) in [6, 6.07) is 19.9. The fourth-order valence-corrected chi connectivity index (χ4v) is 3.95. The predicted molar refractivity (Wildman–Crippen MR) is 122 cm³/mol. The molecule has 0 fully saturated rings. The number of aromatic nitrogens is 2. The molecule has 4 aromatic rings. The fourth-order valence-electron chi connectivity index (χ4n) is 3.03. The standard InChI is InChI=1S/C23H17ClFN3O2S/c24-16-7-5-15(6-8-16)13-28-22(30)19-3-1-2-4-20(19)27-23(28)31-14-21(29)26-18-11-9-17(25)10-12-18/h1-12H,13-14H2,(H,26,29). The van der Waals surface area contributed by atoms with Gasteiger partial charge in [0.05, 0.1) is 23.2 Å². The maximum atomic E-state index is 13.1. The monoisotopic (exact) mass is 453 g/mol. The molecule has 8 heteroatoms. The van der Waals surface area contributed by atoms with Gasteiger partial charge in [0, 0.05) is 10.7 Å². The molecule has 156 valence electrons. The highest BCUT2D eigenvalue weighted by Crippen LogP contribution is 2.20. The maximum Gasteiger partial charge on any atom is 0.262 e. The number of rotatable bonds is 6. The molecular weight excluding hydrogens is 437 g/mol. The summed E-state index contributed by atoms with van der Waals surface area (Å²) in [6.45, 7) is 0.301. The summed E-state index contributed by atoms with van der Waals surface area (Å²) in [6.07, 6.45) is 0. The minimum absolute atomic E-state index is 0.0444. The molecule has 4 rings (SSSR count). The third kappa shape index (κ3) is 5.13. The predicted octanol–water partition coefficient (Wildman–Crippen LogP) is 4.97. The van der Waals surface area contributed by atoms with Crippen LogP contribution < -0.4 is 10.9 Å². The molecule has 1 aromatic heterocycles. The first-order valence-electron chi connectivity index (χ1n) is 9.42. The van der Waals surface area contributed by atoms with Crippen molar-refractivity contribution in [1.82, 2.24) is 9.55 Å². The Morgan fingerprint density at radius 2 is 1.74 bits per heavy atom. The van der Waals surface area contributed by atoms with Crippen LogP contribution in [0.25, 0.3) is 10.9 Å². The van der Waals surface area contributed by atoms with Crippen LogP contribution in [0.3, 0.4) is 0 Å². The number of thioether (sulfide) groups is 1. The van der Waals surface area contributed by atoms with E-state index >= 15 is 0 Å². The van der Waals surface area contributed by atoms with E-state index in [0.29, 0.717) is 33.3 Å². The quantitative estimate of drug-likeness (QED) is 0.331. The van der Waals surface area contributed by atoms with Gasteiger partial charge in [-0.3, -0.25) is 14.2 Å². The number of hydrogen-bond acceptors (Lipinski definition) is 4. The second-order valence-corrected chi connectivity index (χ2v) is 8.15. The third-order valence-corrected chi connectivity index (χ3v) is 5.77. The summed E-state index contributed by atoms with van der Waals surface area (Å²) in [5.74, 6) is -0.612. The average molecular weight is 454 g/mol. The van der Waals surface area contributed by atoms with E-state index in [0.717, 1.165) is 5.56 Å². The average Bonchev–Trinajstić information content (AvgIpc) is 2.77. The molecule has 5 nitrogen and oxygen atoms in total. The second-order valence-electron chi connectivity index (χ2n) is 6.77. The Balaban J connectivity index is 1.60. The van der Waals surface area contributed by atoms with Crippen molar-refractivity contribution in [1.29, 1.82) is 0 Å². The van der Waals surface area contributed by atoms with Crippen molar-refractivity contribution in [2.24, 2.45) is 0 Å². The van der Waals surface area contributed by atoms with Crippen molar-refractivity contribution >= 4 is 45.9 Å². The van der Waals surface area contributed by atoms with Gasteiger partial charge in [-0.05, 0) is 54.1 Å². The van der Waals surface area contributed by atoms with Gasteiger partial charge in [-0.25, -0.2) is 9.37 Å². The normalized spacial score (nSPS) is 10.9. The molecule has 0 saturated carbocycles. The summed E-state index contributed by atoms with van der Waals surface area (Å²) in [7, 11) is 0. The van der Waals surface area contributed by atoms with Crippen LogP contribution in [-0.4, -0.2) is 21.2 Å². The lowest BCUT2D eigenvalue weighted by molar-refractivity contribution is -0.113. The third-order valence-electron chi connectivity index (χ3n) is 4.54. The number of carbonyl (C=O) groups is 1. The van der Waals surface area contributed by atoms with E-state index in [1.165, 1.54) is 36.0 Å². The Morgan fingerprint density at radius 3 is 2.48 bits per heavy atom. The fraction of sp³-hybridized carbons (Fsp3) is 0.0870. The molecule has 0 aliphatic carbocycles. The lowest BCUT2D eigenvalue weighted by atomic mass is 10.2. The van der Waals surface area contributed by atoms with Crippen LogP contribution in [-0.2, 0) is 11.3 Å². The Morgan fingerprint density at radius 1 is 1.03 bits per heavy atom. The molecule has 0 aliphatic rings. The van der Waals surface area contributed by atoms with Gasteiger partial charge in [-0.15, -0.1) is 0 Å². The molecule has 31 heavy (non-hydrogen) atoms. The number of hydrogen-bond donors (Lipinski definition) is 1. The largest absolute Gasteiger partial charge is 0.325 e. The van der Waals surface area contributed by atoms with Crippen molar-refractivity contribution in [3.8, 4) is 0 Å². The molecule has 0 spiro atoms. The van der Waals surface area contributed by atoms with Gasteiger partial charge in [0.15, 0.2) is 5.16 Å². The van der Waals surface area contributed by atoms with Crippen LogP contribution in [0.4, 0.5) is 10.1 Å². The van der Waals surface area contributed by atoms with Gasteiger partial charge in [-0.2, -0.15) is 0 Å². The summed E-state index contributed by atoms with van der Waals surface area (Å²) in [5, 5.41) is 4.27. The highest BCUT2D eigenvalue weighted by atomic mass is 35.5. The lowest BCUT2D eigenvalue weighted by Gasteiger charge is -2.13. The number of benzene rings is 3. The molecule has 1 N–H and O–H groups in total. The number of nitrogens with zero attached hydrogens (tertiary/aromatic N) is 2. The zero-order valence-corrected chi connectivity index (χ0v) is 17.8. The lowest BCUT2D eigenvalue weighted by Crippen LogP contribution is -2.24. The topological polar surface area (TPSA) is 64.0 Å². The van der Waals surface area contributed by atoms with Gasteiger partial charge >= 0.3 is 0 Å². The summed E-state index contributed by atoms with van der Waals surface area (Å²) in [4.78, 5) is 30.1. The molecule has 0 atom stereocenters. The van der Waals surface area contributed by atoms with Crippen LogP contribution >= 0.6 is 23.4 Å². The highest BCUT2D eigenvalue weighted by Gasteiger charge is 2.14. The first kappa shape index (κ1) is 21.1. The molecule has 0 radical (unpaired) electrons. The number of para-hydroxylation sites is 1. The van der Waals surface area contributed by atoms with E-state index in [9.17, 15) is 14.0 Å². The molecule has 0 bridgehead atoms. The van der Waals surface area contributed by atoms with E-state index in [2.05, 4.69) is 10.3 Å². The minimum atomic E-state index is -0.376. The van der Waals surface area contributed by atoms with Gasteiger partial charge in [0.25, 0.3) is 5.56 Å². The number of carbonyl (C=O) groups excluding carboxylic acids is 1. The van der Waals surface area contributed by atoms with E-state index in [-0.39, 0.29) is 23.0 Å². The molecule has 0 unspecified atom stereocenters. The summed E-state index contributed by atoms with van der Waals surface area (Å²) in [5.41, 5.74) is 1.78. The van der Waals surface area contributed by atoms with Crippen molar-refractivity contribution < 1.29 is 9.18 Å². The maximum absolute atomic E-state index is 13.1. The zero-order chi connectivity index (χ0) is 21.8. The van der Waals surface area contributed by atoms with Gasteiger partial charge in [-0.1, -0.05) is 47.6 Å². The van der Waals surface area contributed by atoms with Gasteiger partial charge in [0.2, 0.25) is 5.91 Å². The number of anilines is 1. The molecule has 3 aromatic carbocycles. The van der Waals surface area contributed by atoms with E-state index in [1.54, 1.807) is 34.9 Å². The Hall–Kier alpha value is -3.16. The van der Waals surface area contributed by atoms with E-state index in [4.69, 9.17) is 11.6 Å². The van der Waals surface area contributed by atoms with Crippen LogP contribution in [0.5, 0.6) is 0 Å². The smallest absolute Gasteiger partial charge is 0.262 e. The number of amides is 1. The first-order chi connectivity index (χ1) is 15.0. The summed E-state index contributed by atoms with van der Waals surface area (Å²) < 4.78 is 14.6. The van der Waals surface area contributed by atoms with E-state index in [1.807, 2.05) is 18.2 Å². The van der Waals surface area contributed by atoms with Gasteiger partial charge < -0.3 is 5.32 Å². The first-order valence-corrected chi connectivity index (χ1v) is 10.8. The molecule has 0 aliphatic heterocycles. The zero-order valence-electron chi connectivity index (χ0n) is 16.2. The number of fused-ring (bicyclic) bond motifs is 1. The van der Waals surface area contributed by atoms with Crippen LogP contribution in [0.1, 0.15) is 5.56 Å². The number of halogens is 2. The summed E-state index contributed by atoms with van der Waals surface area (Å²) >= 11 is 7.13. The Bertz CT molecular complexity index is 1290. The molecule has 1 amide bonds. The van der Waals surface area contributed by atoms with Crippen molar-refractivity contribution in [2.75, 3.05) is 11.1 Å². The Kier molecular flexibility index (Phi) is 6.34. The minimum Gasteiger partial charge on any atom is -0.325 e.